The molecule has 2 aromatic heterocycles. The second kappa shape index (κ2) is 8.90. The smallest absolute Gasteiger partial charge is 0.279 e. The van der Waals surface area contributed by atoms with Crippen LogP contribution in [-0.2, 0) is 11.3 Å². The number of rotatable bonds is 6. The predicted molar refractivity (Wildman–Crippen MR) is 114 cm³/mol. The Hall–Kier alpha value is -2.48. The van der Waals surface area contributed by atoms with Crippen molar-refractivity contribution in [1.29, 1.82) is 0 Å². The highest BCUT2D eigenvalue weighted by Gasteiger charge is 2.26. The lowest BCUT2D eigenvalue weighted by Gasteiger charge is -2.28. The van der Waals surface area contributed by atoms with Crippen LogP contribution < -0.4 is 15.1 Å². The molecule has 0 bridgehead atoms. The highest BCUT2D eigenvalue weighted by Crippen LogP contribution is 2.24. The molecule has 1 saturated heterocycles. The second-order valence-corrected chi connectivity index (χ2v) is 8.76. The predicted octanol–water partition coefficient (Wildman–Crippen LogP) is 0.942. The number of amides is 1. The molecular weight excluding hydrogens is 384 g/mol. The van der Waals surface area contributed by atoms with E-state index < -0.39 is 0 Å². The lowest BCUT2D eigenvalue weighted by atomic mass is 10.1. The van der Waals surface area contributed by atoms with E-state index in [1.54, 1.807) is 11.3 Å². The number of piperazine rings is 1. The molecule has 1 aliphatic rings. The van der Waals surface area contributed by atoms with Crippen LogP contribution >= 0.6 is 11.3 Å². The molecule has 0 aliphatic carbocycles. The first-order valence-electron chi connectivity index (χ1n) is 10.1. The number of benzene rings is 1. The summed E-state index contributed by atoms with van der Waals surface area (Å²) < 4.78 is 5.49. The topological polar surface area (TPSA) is 64.0 Å². The van der Waals surface area contributed by atoms with Crippen LogP contribution in [0.1, 0.15) is 16.8 Å². The van der Waals surface area contributed by atoms with Crippen molar-refractivity contribution in [2.24, 2.45) is 0 Å². The molecule has 152 valence electrons. The maximum absolute atomic E-state index is 12.5. The first-order chi connectivity index (χ1) is 14.1. The average Bonchev–Trinajstić information content (AvgIpc) is 3.39. The number of hydrogen-bond donors (Lipinski definition) is 3. The zero-order chi connectivity index (χ0) is 20.2. The minimum Gasteiger partial charge on any atom is -0.355 e. The van der Waals surface area contributed by atoms with E-state index in [0.717, 1.165) is 60.3 Å². The number of carbonyl (C=O) groups excluding carboxylic acids is 1. The summed E-state index contributed by atoms with van der Waals surface area (Å²) in [5, 5.41) is 9.36. The van der Waals surface area contributed by atoms with Gasteiger partial charge in [0.1, 0.15) is 38.4 Å². The molecule has 0 spiro atoms. The van der Waals surface area contributed by atoms with Gasteiger partial charge >= 0.3 is 0 Å². The van der Waals surface area contributed by atoms with Crippen LogP contribution in [0.3, 0.4) is 0 Å². The minimum atomic E-state index is 0.0919. The van der Waals surface area contributed by atoms with Gasteiger partial charge in [0, 0.05) is 11.8 Å². The van der Waals surface area contributed by atoms with Crippen molar-refractivity contribution in [2.45, 2.75) is 20.4 Å². The van der Waals surface area contributed by atoms with Crippen molar-refractivity contribution < 1.29 is 19.1 Å². The number of carbonyl (C=O) groups is 1. The molecule has 1 fully saturated rings. The van der Waals surface area contributed by atoms with Crippen LogP contribution in [0.5, 0.6) is 0 Å². The summed E-state index contributed by atoms with van der Waals surface area (Å²) in [4.78, 5) is 16.4. The Bertz CT molecular complexity index is 959. The van der Waals surface area contributed by atoms with Gasteiger partial charge in [-0.1, -0.05) is 23.4 Å². The van der Waals surface area contributed by atoms with Gasteiger partial charge in [-0.15, -0.1) is 11.3 Å². The van der Waals surface area contributed by atoms with Crippen molar-refractivity contribution >= 4 is 22.9 Å². The van der Waals surface area contributed by atoms with Crippen molar-refractivity contribution in [1.82, 2.24) is 5.16 Å². The molecule has 0 radical (unpaired) electrons. The molecule has 4 rings (SSSR count). The third-order valence-corrected chi connectivity index (χ3v) is 6.59. The van der Waals surface area contributed by atoms with E-state index in [1.807, 2.05) is 36.6 Å². The number of aryl methyl sites for hydroxylation is 1. The third-order valence-electron chi connectivity index (χ3n) is 5.71. The quantitative estimate of drug-likeness (QED) is 0.565. The fourth-order valence-corrected chi connectivity index (χ4v) is 4.48. The number of hydrogen-bond acceptors (Lipinski definition) is 4. The number of quaternary nitrogens is 2. The third kappa shape index (κ3) is 4.93. The summed E-state index contributed by atoms with van der Waals surface area (Å²) in [6.45, 7) is 9.56. The average molecular weight is 413 g/mol. The molecule has 0 saturated carbocycles. The maximum atomic E-state index is 12.5. The number of nitrogens with one attached hydrogen (secondary N) is 3. The monoisotopic (exact) mass is 412 g/mol. The highest BCUT2D eigenvalue weighted by molar-refractivity contribution is 7.13. The lowest BCUT2D eigenvalue weighted by molar-refractivity contribution is -1.02. The lowest BCUT2D eigenvalue weighted by Crippen LogP contribution is -3.28. The van der Waals surface area contributed by atoms with Gasteiger partial charge in [-0.05, 0) is 42.5 Å². The Balaban J connectivity index is 1.24. The Morgan fingerprint density at radius 3 is 2.69 bits per heavy atom. The van der Waals surface area contributed by atoms with Gasteiger partial charge in [-0.3, -0.25) is 4.79 Å². The zero-order valence-electron chi connectivity index (χ0n) is 17.0. The van der Waals surface area contributed by atoms with Crippen LogP contribution in [0.4, 0.5) is 5.69 Å². The minimum absolute atomic E-state index is 0.0919. The van der Waals surface area contributed by atoms with E-state index in [2.05, 4.69) is 29.5 Å². The van der Waals surface area contributed by atoms with E-state index in [-0.39, 0.29) is 5.91 Å². The van der Waals surface area contributed by atoms with Gasteiger partial charge in [0.15, 0.2) is 12.3 Å². The summed E-state index contributed by atoms with van der Waals surface area (Å²) >= 11 is 1.66. The fourth-order valence-electron chi connectivity index (χ4n) is 3.80. The van der Waals surface area contributed by atoms with Gasteiger partial charge in [0.25, 0.3) is 5.91 Å². The Morgan fingerprint density at radius 1 is 1.14 bits per heavy atom. The first kappa shape index (κ1) is 19.8. The van der Waals surface area contributed by atoms with Crippen LogP contribution in [0.15, 0.2) is 46.3 Å². The molecule has 3 heterocycles. The van der Waals surface area contributed by atoms with Gasteiger partial charge in [-0.2, -0.15) is 0 Å². The van der Waals surface area contributed by atoms with E-state index in [9.17, 15) is 4.79 Å². The van der Waals surface area contributed by atoms with Crippen LogP contribution in [0.2, 0.25) is 0 Å². The van der Waals surface area contributed by atoms with E-state index >= 15 is 0 Å². The molecule has 29 heavy (non-hydrogen) atoms. The normalized spacial score (nSPS) is 19.2. The summed E-state index contributed by atoms with van der Waals surface area (Å²) in [6.07, 6.45) is 0. The van der Waals surface area contributed by atoms with Gasteiger partial charge in [0.05, 0.1) is 4.88 Å². The molecule has 3 aromatic rings. The maximum Gasteiger partial charge on any atom is 0.279 e. The van der Waals surface area contributed by atoms with Crippen LogP contribution in [-0.4, -0.2) is 43.8 Å². The largest absolute Gasteiger partial charge is 0.355 e. The highest BCUT2D eigenvalue weighted by atomic mass is 32.1. The summed E-state index contributed by atoms with van der Waals surface area (Å²) in [7, 11) is 0. The SMILES string of the molecule is Cc1cccc(NC(=O)C[NH+]2CC[NH+](Cc3cc(-c4cccs4)on3)CC2)c1C. The number of aromatic nitrogens is 1. The zero-order valence-corrected chi connectivity index (χ0v) is 17.8. The second-order valence-electron chi connectivity index (χ2n) is 7.81. The number of thiophene rings is 1. The number of anilines is 1. The Kier molecular flexibility index (Phi) is 6.08. The van der Waals surface area contributed by atoms with Crippen LogP contribution in [0.25, 0.3) is 10.6 Å². The summed E-state index contributed by atoms with van der Waals surface area (Å²) in [5.41, 5.74) is 4.26. The molecule has 0 unspecified atom stereocenters. The van der Waals surface area contributed by atoms with Crippen molar-refractivity contribution in [2.75, 3.05) is 38.0 Å². The van der Waals surface area contributed by atoms with Gasteiger partial charge in [-0.25, -0.2) is 0 Å². The van der Waals surface area contributed by atoms with E-state index in [0.29, 0.717) is 6.54 Å². The molecule has 3 N–H and O–H groups in total. The van der Waals surface area contributed by atoms with Crippen molar-refractivity contribution in [3.05, 3.63) is 58.6 Å². The van der Waals surface area contributed by atoms with Crippen molar-refractivity contribution in [3.8, 4) is 10.6 Å². The molecule has 6 nitrogen and oxygen atoms in total. The molecule has 1 aromatic carbocycles. The molecule has 0 atom stereocenters. The molecule has 1 aliphatic heterocycles. The van der Waals surface area contributed by atoms with Gasteiger partial charge in [0.2, 0.25) is 0 Å². The summed E-state index contributed by atoms with van der Waals surface area (Å²) in [6, 6.07) is 12.1. The van der Waals surface area contributed by atoms with Crippen molar-refractivity contribution in [3.63, 3.8) is 0 Å². The standard InChI is InChI=1S/C22H26N4O2S/c1-16-5-3-6-19(17(16)2)23-22(27)15-26-10-8-25(9-11-26)14-18-13-20(28-24-18)21-7-4-12-29-21/h3-7,12-13H,8-11,14-15H2,1-2H3,(H,23,27)/p+2. The molecule has 1 amide bonds. The van der Waals surface area contributed by atoms with Gasteiger partial charge < -0.3 is 19.6 Å². The first-order valence-corrected chi connectivity index (χ1v) is 11.0. The molecule has 7 heteroatoms. The fraction of sp³-hybridized carbons (Fsp3) is 0.364. The van der Waals surface area contributed by atoms with E-state index in [1.165, 1.54) is 15.4 Å². The number of nitrogens with zero attached hydrogens (tertiary/aromatic N) is 1. The Morgan fingerprint density at radius 2 is 1.93 bits per heavy atom. The molecular formula is C22H28N4O2S+2. The Labute approximate surface area is 175 Å². The van der Waals surface area contributed by atoms with Crippen LogP contribution in [0, 0.1) is 13.8 Å². The summed E-state index contributed by atoms with van der Waals surface area (Å²) in [5.74, 6) is 0.941. The van der Waals surface area contributed by atoms with E-state index in [4.69, 9.17) is 4.52 Å².